The fourth-order valence-corrected chi connectivity index (χ4v) is 2.26. The Hall–Kier alpha value is -1.50. The lowest BCUT2D eigenvalue weighted by atomic mass is 10.2. The summed E-state index contributed by atoms with van der Waals surface area (Å²) in [6.07, 6.45) is 0. The quantitative estimate of drug-likeness (QED) is 0.815. The topological polar surface area (TPSA) is 65.6 Å². The van der Waals surface area contributed by atoms with Crippen LogP contribution in [0.5, 0.6) is 0 Å². The molecule has 0 spiro atoms. The van der Waals surface area contributed by atoms with Gasteiger partial charge >= 0.3 is 4.87 Å². The van der Waals surface area contributed by atoms with Gasteiger partial charge in [-0.1, -0.05) is 25.2 Å². The van der Waals surface area contributed by atoms with Crippen LogP contribution in [0, 0.1) is 6.92 Å². The molecule has 0 aliphatic rings. The predicted molar refractivity (Wildman–Crippen MR) is 65.3 cm³/mol. The van der Waals surface area contributed by atoms with E-state index in [4.69, 9.17) is 0 Å². The van der Waals surface area contributed by atoms with E-state index in [0.29, 0.717) is 12.5 Å². The van der Waals surface area contributed by atoms with Crippen molar-refractivity contribution in [3.63, 3.8) is 0 Å². The maximum atomic E-state index is 11.6. The molecule has 0 aromatic carbocycles. The van der Waals surface area contributed by atoms with E-state index in [9.17, 15) is 4.79 Å². The number of hydrogen-bond acceptors (Lipinski definition) is 5. The van der Waals surface area contributed by atoms with Gasteiger partial charge in [0.1, 0.15) is 17.4 Å². The molecule has 2 heterocycles. The molecule has 0 atom stereocenters. The third kappa shape index (κ3) is 2.28. The van der Waals surface area contributed by atoms with Crippen molar-refractivity contribution in [2.24, 2.45) is 7.05 Å². The number of hydrogen-bond donors (Lipinski definition) is 0. The van der Waals surface area contributed by atoms with Gasteiger partial charge in [0.15, 0.2) is 5.82 Å². The molecule has 0 aliphatic carbocycles. The molecule has 2 rings (SSSR count). The molecular formula is C10H15N5OS. The maximum Gasteiger partial charge on any atom is 0.325 e. The number of aryl methyl sites for hydroxylation is 1. The van der Waals surface area contributed by atoms with Crippen LogP contribution in [0.4, 0.5) is 0 Å². The van der Waals surface area contributed by atoms with Gasteiger partial charge in [0.25, 0.3) is 0 Å². The van der Waals surface area contributed by atoms with Crippen LogP contribution in [0.15, 0.2) is 4.79 Å². The van der Waals surface area contributed by atoms with Crippen molar-refractivity contribution in [2.75, 3.05) is 0 Å². The fourth-order valence-electron chi connectivity index (χ4n) is 1.66. The predicted octanol–water partition coefficient (Wildman–Crippen LogP) is 0.913. The minimum atomic E-state index is -0.0587. The van der Waals surface area contributed by atoms with Crippen molar-refractivity contribution in [1.29, 1.82) is 0 Å². The Kier molecular flexibility index (Phi) is 3.10. The molecule has 0 amide bonds. The van der Waals surface area contributed by atoms with Gasteiger partial charge in [-0.15, -0.1) is 10.2 Å². The Balaban J connectivity index is 2.31. The summed E-state index contributed by atoms with van der Waals surface area (Å²) in [7, 11) is 1.91. The SMILES string of the molecule is Cc1nn(Cc2nnc(C(C)C)n2C)c(=O)s1. The van der Waals surface area contributed by atoms with Gasteiger partial charge in [0, 0.05) is 13.0 Å². The Bertz CT molecular complexity index is 580. The van der Waals surface area contributed by atoms with E-state index >= 15 is 0 Å². The summed E-state index contributed by atoms with van der Waals surface area (Å²) in [6.45, 7) is 6.32. The van der Waals surface area contributed by atoms with Crippen molar-refractivity contribution in [1.82, 2.24) is 24.5 Å². The lowest BCUT2D eigenvalue weighted by molar-refractivity contribution is 0.600. The highest BCUT2D eigenvalue weighted by Gasteiger charge is 2.13. The molecule has 2 aromatic rings. The van der Waals surface area contributed by atoms with Gasteiger partial charge in [0.2, 0.25) is 0 Å². The average Bonchev–Trinajstić information content (AvgIpc) is 2.73. The summed E-state index contributed by atoms with van der Waals surface area (Å²) >= 11 is 1.15. The lowest BCUT2D eigenvalue weighted by Gasteiger charge is -2.05. The van der Waals surface area contributed by atoms with E-state index in [0.717, 1.165) is 28.0 Å². The zero-order chi connectivity index (χ0) is 12.6. The summed E-state index contributed by atoms with van der Waals surface area (Å²) in [5.74, 6) is 1.98. The highest BCUT2D eigenvalue weighted by Crippen LogP contribution is 2.11. The maximum absolute atomic E-state index is 11.6. The lowest BCUT2D eigenvalue weighted by Crippen LogP contribution is -2.18. The molecule has 0 unspecified atom stereocenters. The molecule has 17 heavy (non-hydrogen) atoms. The molecule has 6 nitrogen and oxygen atoms in total. The Morgan fingerprint density at radius 1 is 1.35 bits per heavy atom. The molecule has 2 aromatic heterocycles. The van der Waals surface area contributed by atoms with Crippen LogP contribution in [0.1, 0.15) is 36.4 Å². The van der Waals surface area contributed by atoms with Crippen LogP contribution < -0.4 is 4.87 Å². The normalized spacial score (nSPS) is 11.4. The zero-order valence-electron chi connectivity index (χ0n) is 10.3. The summed E-state index contributed by atoms with van der Waals surface area (Å²) in [5, 5.41) is 13.1. The monoisotopic (exact) mass is 253 g/mol. The molecule has 0 fully saturated rings. The molecular weight excluding hydrogens is 238 g/mol. The first kappa shape index (κ1) is 12.0. The standard InChI is InChI=1S/C10H15N5OS/c1-6(2)9-12-11-8(14(9)4)5-15-10(16)17-7(3)13-15/h6H,5H2,1-4H3. The Labute approximate surface area is 103 Å². The van der Waals surface area contributed by atoms with Gasteiger partial charge in [-0.3, -0.25) is 4.79 Å². The second-order valence-corrected chi connectivity index (χ2v) is 5.38. The van der Waals surface area contributed by atoms with Gasteiger partial charge in [-0.05, 0) is 6.92 Å². The highest BCUT2D eigenvalue weighted by molar-refractivity contribution is 7.08. The van der Waals surface area contributed by atoms with E-state index < -0.39 is 0 Å². The summed E-state index contributed by atoms with van der Waals surface area (Å²) < 4.78 is 3.35. The van der Waals surface area contributed by atoms with Crippen LogP contribution in [0.3, 0.4) is 0 Å². The van der Waals surface area contributed by atoms with Crippen molar-refractivity contribution >= 4 is 11.3 Å². The van der Waals surface area contributed by atoms with E-state index in [1.165, 1.54) is 4.68 Å². The minimum Gasteiger partial charge on any atom is -0.316 e. The summed E-state index contributed by atoms with van der Waals surface area (Å²) in [5.41, 5.74) is 0. The minimum absolute atomic E-state index is 0.0587. The van der Waals surface area contributed by atoms with Crippen LogP contribution in [-0.4, -0.2) is 24.5 Å². The molecule has 0 saturated carbocycles. The van der Waals surface area contributed by atoms with Gasteiger partial charge in [-0.2, -0.15) is 5.10 Å². The molecule has 0 N–H and O–H groups in total. The van der Waals surface area contributed by atoms with Gasteiger partial charge in [0.05, 0.1) is 0 Å². The summed E-state index contributed by atoms with van der Waals surface area (Å²) in [4.78, 5) is 11.5. The van der Waals surface area contributed by atoms with E-state index in [1.54, 1.807) is 0 Å². The average molecular weight is 253 g/mol. The first-order valence-electron chi connectivity index (χ1n) is 5.41. The smallest absolute Gasteiger partial charge is 0.316 e. The van der Waals surface area contributed by atoms with Crippen LogP contribution >= 0.6 is 11.3 Å². The second kappa shape index (κ2) is 4.40. The highest BCUT2D eigenvalue weighted by atomic mass is 32.1. The number of rotatable bonds is 3. The first-order valence-corrected chi connectivity index (χ1v) is 6.23. The van der Waals surface area contributed by atoms with Crippen molar-refractivity contribution < 1.29 is 0 Å². The molecule has 92 valence electrons. The third-order valence-corrected chi connectivity index (χ3v) is 3.28. The molecule has 0 saturated heterocycles. The van der Waals surface area contributed by atoms with Gasteiger partial charge in [-0.25, -0.2) is 4.68 Å². The van der Waals surface area contributed by atoms with Crippen molar-refractivity contribution in [2.45, 2.75) is 33.2 Å². The molecule has 0 aliphatic heterocycles. The first-order chi connectivity index (χ1) is 7.99. The van der Waals surface area contributed by atoms with E-state index in [-0.39, 0.29) is 4.87 Å². The van der Waals surface area contributed by atoms with Crippen LogP contribution in [-0.2, 0) is 13.6 Å². The van der Waals surface area contributed by atoms with Crippen molar-refractivity contribution in [3.05, 3.63) is 26.3 Å². The van der Waals surface area contributed by atoms with E-state index in [1.807, 2.05) is 18.5 Å². The Morgan fingerprint density at radius 3 is 2.53 bits per heavy atom. The third-order valence-electron chi connectivity index (χ3n) is 2.51. The van der Waals surface area contributed by atoms with Crippen LogP contribution in [0.25, 0.3) is 0 Å². The largest absolute Gasteiger partial charge is 0.325 e. The fraction of sp³-hybridized carbons (Fsp3) is 0.600. The zero-order valence-corrected chi connectivity index (χ0v) is 11.2. The summed E-state index contributed by atoms with van der Waals surface area (Å²) in [6, 6.07) is 0. The van der Waals surface area contributed by atoms with Gasteiger partial charge < -0.3 is 4.57 Å². The molecule has 0 radical (unpaired) electrons. The number of nitrogens with zero attached hydrogens (tertiary/aromatic N) is 5. The Morgan fingerprint density at radius 2 is 2.06 bits per heavy atom. The van der Waals surface area contributed by atoms with E-state index in [2.05, 4.69) is 29.1 Å². The second-order valence-electron chi connectivity index (χ2n) is 4.23. The van der Waals surface area contributed by atoms with Crippen molar-refractivity contribution in [3.8, 4) is 0 Å². The van der Waals surface area contributed by atoms with Crippen LogP contribution in [0.2, 0.25) is 0 Å². The molecule has 0 bridgehead atoms. The molecule has 7 heteroatoms. The number of aromatic nitrogens is 5.